The Kier molecular flexibility index (Phi) is 3.92. The van der Waals surface area contributed by atoms with E-state index in [1.54, 1.807) is 4.68 Å². The van der Waals surface area contributed by atoms with Crippen LogP contribution >= 0.6 is 0 Å². The molecule has 0 aliphatic carbocycles. The van der Waals surface area contributed by atoms with E-state index < -0.39 is 0 Å². The van der Waals surface area contributed by atoms with Crippen LogP contribution in [0.2, 0.25) is 0 Å². The van der Waals surface area contributed by atoms with Gasteiger partial charge in [-0.25, -0.2) is 4.98 Å². The van der Waals surface area contributed by atoms with Gasteiger partial charge < -0.3 is 0 Å². The molecule has 1 aliphatic heterocycles. The highest BCUT2D eigenvalue weighted by Crippen LogP contribution is 2.22. The second-order valence-corrected chi connectivity index (χ2v) is 7.04. The standard InChI is InChI=1S/C19H23N5O/c1-13(2)16-17-18(22(3)21-16)19(25)24-10-9-23(12-15(24)20-17)11-14-7-5-4-6-8-14/h4-8,13H,9-12H2,1-3H3. The minimum absolute atomic E-state index is 0.0289. The summed E-state index contributed by atoms with van der Waals surface area (Å²) in [6.45, 7) is 7.26. The third kappa shape index (κ3) is 2.76. The van der Waals surface area contributed by atoms with Crippen LogP contribution in [0.25, 0.3) is 11.0 Å². The van der Waals surface area contributed by atoms with Gasteiger partial charge in [0.05, 0.1) is 12.2 Å². The molecule has 6 nitrogen and oxygen atoms in total. The van der Waals surface area contributed by atoms with Gasteiger partial charge in [-0.15, -0.1) is 0 Å². The summed E-state index contributed by atoms with van der Waals surface area (Å²) in [4.78, 5) is 20.1. The van der Waals surface area contributed by atoms with Crippen molar-refractivity contribution in [2.75, 3.05) is 6.54 Å². The van der Waals surface area contributed by atoms with Gasteiger partial charge in [-0.2, -0.15) is 5.10 Å². The fourth-order valence-corrected chi connectivity index (χ4v) is 3.56. The number of hydrogen-bond acceptors (Lipinski definition) is 4. The Bertz CT molecular complexity index is 971. The first kappa shape index (κ1) is 16.0. The number of nitrogens with zero attached hydrogens (tertiary/aromatic N) is 5. The van der Waals surface area contributed by atoms with Crippen molar-refractivity contribution in [3.8, 4) is 0 Å². The van der Waals surface area contributed by atoms with E-state index in [0.29, 0.717) is 18.6 Å². The maximum absolute atomic E-state index is 12.9. The molecule has 1 aromatic carbocycles. The average Bonchev–Trinajstić information content (AvgIpc) is 2.93. The minimum Gasteiger partial charge on any atom is -0.292 e. The van der Waals surface area contributed by atoms with Gasteiger partial charge in [0.1, 0.15) is 11.3 Å². The van der Waals surface area contributed by atoms with Crippen LogP contribution in [0.15, 0.2) is 35.1 Å². The third-order valence-corrected chi connectivity index (χ3v) is 4.85. The molecule has 0 unspecified atom stereocenters. The topological polar surface area (TPSA) is 56.0 Å². The fourth-order valence-electron chi connectivity index (χ4n) is 3.56. The van der Waals surface area contributed by atoms with Gasteiger partial charge in [0, 0.05) is 26.7 Å². The molecule has 4 rings (SSSR count). The molecule has 0 bridgehead atoms. The molecule has 25 heavy (non-hydrogen) atoms. The average molecular weight is 337 g/mol. The predicted octanol–water partition coefficient (Wildman–Crippen LogP) is 2.27. The molecule has 0 amide bonds. The molecule has 6 heteroatoms. The lowest BCUT2D eigenvalue weighted by Crippen LogP contribution is -2.40. The van der Waals surface area contributed by atoms with E-state index in [1.165, 1.54) is 5.56 Å². The summed E-state index contributed by atoms with van der Waals surface area (Å²) in [5, 5.41) is 4.54. The zero-order chi connectivity index (χ0) is 17.6. The summed E-state index contributed by atoms with van der Waals surface area (Å²) >= 11 is 0. The van der Waals surface area contributed by atoms with Gasteiger partial charge in [-0.1, -0.05) is 44.2 Å². The highest BCUT2D eigenvalue weighted by molar-refractivity contribution is 5.77. The molecule has 0 saturated heterocycles. The van der Waals surface area contributed by atoms with Gasteiger partial charge in [0.2, 0.25) is 0 Å². The Labute approximate surface area is 146 Å². The summed E-state index contributed by atoms with van der Waals surface area (Å²) in [6, 6.07) is 10.4. The Hall–Kier alpha value is -2.47. The summed E-state index contributed by atoms with van der Waals surface area (Å²) in [5.74, 6) is 1.08. The van der Waals surface area contributed by atoms with E-state index in [1.807, 2.05) is 17.7 Å². The van der Waals surface area contributed by atoms with Crippen molar-refractivity contribution in [1.82, 2.24) is 24.2 Å². The third-order valence-electron chi connectivity index (χ3n) is 4.85. The normalized spacial score (nSPS) is 15.0. The Morgan fingerprint density at radius 3 is 2.64 bits per heavy atom. The van der Waals surface area contributed by atoms with Crippen molar-refractivity contribution < 1.29 is 0 Å². The smallest absolute Gasteiger partial charge is 0.279 e. The highest BCUT2D eigenvalue weighted by Gasteiger charge is 2.24. The fraction of sp³-hybridized carbons (Fsp3) is 0.421. The molecule has 0 spiro atoms. The van der Waals surface area contributed by atoms with Crippen LogP contribution in [-0.4, -0.2) is 30.8 Å². The monoisotopic (exact) mass is 337 g/mol. The highest BCUT2D eigenvalue weighted by atomic mass is 16.1. The molecule has 0 N–H and O–H groups in total. The number of aromatic nitrogens is 4. The zero-order valence-electron chi connectivity index (χ0n) is 14.9. The maximum atomic E-state index is 12.9. The van der Waals surface area contributed by atoms with Crippen LogP contribution < -0.4 is 5.56 Å². The minimum atomic E-state index is 0.0289. The van der Waals surface area contributed by atoms with Gasteiger partial charge >= 0.3 is 0 Å². The largest absolute Gasteiger partial charge is 0.292 e. The molecule has 0 radical (unpaired) electrons. The van der Waals surface area contributed by atoms with Crippen LogP contribution in [0.3, 0.4) is 0 Å². The molecule has 2 aromatic heterocycles. The van der Waals surface area contributed by atoms with Crippen LogP contribution in [-0.2, 0) is 26.7 Å². The molecular formula is C19H23N5O. The van der Waals surface area contributed by atoms with E-state index >= 15 is 0 Å². The summed E-state index contributed by atoms with van der Waals surface area (Å²) in [6.07, 6.45) is 0. The first-order valence-corrected chi connectivity index (χ1v) is 8.77. The molecular weight excluding hydrogens is 314 g/mol. The number of fused-ring (bicyclic) bond motifs is 2. The first-order chi connectivity index (χ1) is 12.0. The van der Waals surface area contributed by atoms with Gasteiger partial charge in [0.15, 0.2) is 5.52 Å². The van der Waals surface area contributed by atoms with E-state index in [4.69, 9.17) is 4.98 Å². The number of hydrogen-bond donors (Lipinski definition) is 0. The van der Waals surface area contributed by atoms with Crippen LogP contribution in [0.5, 0.6) is 0 Å². The Balaban J connectivity index is 1.73. The Morgan fingerprint density at radius 1 is 1.16 bits per heavy atom. The predicted molar refractivity (Wildman–Crippen MR) is 97.4 cm³/mol. The summed E-state index contributed by atoms with van der Waals surface area (Å²) in [7, 11) is 1.83. The van der Waals surface area contributed by atoms with Crippen molar-refractivity contribution in [3.05, 3.63) is 57.8 Å². The van der Waals surface area contributed by atoms with Gasteiger partial charge in [-0.3, -0.25) is 18.9 Å². The van der Waals surface area contributed by atoms with E-state index in [0.717, 1.165) is 30.1 Å². The van der Waals surface area contributed by atoms with Gasteiger partial charge in [0.25, 0.3) is 5.56 Å². The molecule has 0 saturated carbocycles. The van der Waals surface area contributed by atoms with Crippen molar-refractivity contribution in [2.24, 2.45) is 7.05 Å². The molecule has 1 aliphatic rings. The lowest BCUT2D eigenvalue weighted by molar-refractivity contribution is 0.204. The van der Waals surface area contributed by atoms with Crippen molar-refractivity contribution in [2.45, 2.75) is 39.4 Å². The van der Waals surface area contributed by atoms with Crippen molar-refractivity contribution in [1.29, 1.82) is 0 Å². The van der Waals surface area contributed by atoms with E-state index in [9.17, 15) is 4.79 Å². The van der Waals surface area contributed by atoms with Gasteiger partial charge in [-0.05, 0) is 11.5 Å². The second kappa shape index (κ2) is 6.11. The van der Waals surface area contributed by atoms with Crippen LogP contribution in [0.1, 0.15) is 36.8 Å². The first-order valence-electron chi connectivity index (χ1n) is 8.77. The zero-order valence-corrected chi connectivity index (χ0v) is 14.9. The van der Waals surface area contributed by atoms with E-state index in [-0.39, 0.29) is 11.5 Å². The quantitative estimate of drug-likeness (QED) is 0.736. The van der Waals surface area contributed by atoms with E-state index in [2.05, 4.69) is 48.1 Å². The lowest BCUT2D eigenvalue weighted by atomic mass is 10.1. The molecule has 3 aromatic rings. The molecule has 3 heterocycles. The number of aryl methyl sites for hydroxylation is 1. The van der Waals surface area contributed by atoms with Crippen LogP contribution in [0.4, 0.5) is 0 Å². The summed E-state index contributed by atoms with van der Waals surface area (Å²) in [5.41, 5.74) is 3.59. The molecule has 130 valence electrons. The summed E-state index contributed by atoms with van der Waals surface area (Å²) < 4.78 is 3.50. The number of benzene rings is 1. The maximum Gasteiger partial charge on any atom is 0.279 e. The van der Waals surface area contributed by atoms with Crippen molar-refractivity contribution >= 4 is 11.0 Å². The second-order valence-electron chi connectivity index (χ2n) is 7.04. The Morgan fingerprint density at radius 2 is 1.92 bits per heavy atom. The SMILES string of the molecule is CC(C)c1nn(C)c2c(=O)n3c(nc12)CN(Cc1ccccc1)CC3. The number of rotatable bonds is 3. The van der Waals surface area contributed by atoms with Crippen molar-refractivity contribution in [3.63, 3.8) is 0 Å². The molecule has 0 atom stereocenters. The lowest BCUT2D eigenvalue weighted by Gasteiger charge is -2.29. The van der Waals surface area contributed by atoms with Crippen LogP contribution in [0, 0.1) is 0 Å². The molecule has 0 fully saturated rings.